The molecule has 0 atom stereocenters. The average Bonchev–Trinajstić information content (AvgIpc) is 2.74. The molecule has 3 nitrogen and oxygen atoms in total. The fraction of sp³-hybridized carbons (Fsp3) is 0.400. The molecule has 0 aliphatic heterocycles. The van der Waals surface area contributed by atoms with E-state index in [-0.39, 0.29) is 5.54 Å². The molecule has 1 aromatic carbocycles. The molecule has 0 saturated heterocycles. The molecular weight excluding hydrogens is 224 g/mol. The summed E-state index contributed by atoms with van der Waals surface area (Å²) in [6.07, 6.45) is 1.79. The second-order valence-corrected chi connectivity index (χ2v) is 5.60. The Morgan fingerprint density at radius 1 is 1.22 bits per heavy atom. The van der Waals surface area contributed by atoms with Crippen LogP contribution in [0.15, 0.2) is 35.0 Å². The van der Waals surface area contributed by atoms with E-state index in [1.165, 1.54) is 5.56 Å². The highest BCUT2D eigenvalue weighted by Crippen LogP contribution is 2.26. The monoisotopic (exact) mass is 244 g/mol. The van der Waals surface area contributed by atoms with E-state index in [0.717, 1.165) is 23.4 Å². The summed E-state index contributed by atoms with van der Waals surface area (Å²) in [6.45, 7) is 9.28. The van der Waals surface area contributed by atoms with E-state index in [2.05, 4.69) is 50.3 Å². The van der Waals surface area contributed by atoms with Gasteiger partial charge in [-0.3, -0.25) is 0 Å². The standard InChI is InChI=1S/C15H20N2O/c1-11-7-5-6-8-13(11)14-12(10-17-18-14)9-16-15(2,3)4/h5-8,10,16H,9H2,1-4H3. The van der Waals surface area contributed by atoms with Crippen molar-refractivity contribution in [2.24, 2.45) is 0 Å². The number of nitrogens with zero attached hydrogens (tertiary/aromatic N) is 1. The highest BCUT2D eigenvalue weighted by Gasteiger charge is 2.15. The van der Waals surface area contributed by atoms with Gasteiger partial charge >= 0.3 is 0 Å². The first-order valence-corrected chi connectivity index (χ1v) is 6.22. The third-order valence-corrected chi connectivity index (χ3v) is 2.84. The molecule has 0 bridgehead atoms. The lowest BCUT2D eigenvalue weighted by atomic mass is 10.0. The molecule has 1 aromatic heterocycles. The molecule has 0 aliphatic rings. The van der Waals surface area contributed by atoms with Crippen LogP contribution in [0, 0.1) is 6.92 Å². The van der Waals surface area contributed by atoms with Gasteiger partial charge < -0.3 is 9.84 Å². The Bertz CT molecular complexity index is 523. The summed E-state index contributed by atoms with van der Waals surface area (Å²) >= 11 is 0. The summed E-state index contributed by atoms with van der Waals surface area (Å²) in [4.78, 5) is 0. The summed E-state index contributed by atoms with van der Waals surface area (Å²) in [7, 11) is 0. The van der Waals surface area contributed by atoms with Gasteiger partial charge in [0.05, 0.1) is 6.20 Å². The molecule has 0 saturated carbocycles. The maximum Gasteiger partial charge on any atom is 0.171 e. The van der Waals surface area contributed by atoms with Crippen LogP contribution < -0.4 is 5.32 Å². The number of benzene rings is 1. The van der Waals surface area contributed by atoms with Crippen molar-refractivity contribution in [1.82, 2.24) is 10.5 Å². The lowest BCUT2D eigenvalue weighted by Gasteiger charge is -2.20. The number of nitrogens with one attached hydrogen (secondary N) is 1. The molecule has 0 radical (unpaired) electrons. The number of aromatic nitrogens is 1. The number of aryl methyl sites for hydroxylation is 1. The van der Waals surface area contributed by atoms with Crippen molar-refractivity contribution in [2.45, 2.75) is 39.8 Å². The SMILES string of the molecule is Cc1ccccc1-c1oncc1CNC(C)(C)C. The van der Waals surface area contributed by atoms with Gasteiger partial charge in [-0.15, -0.1) is 0 Å². The van der Waals surface area contributed by atoms with Crippen LogP contribution in [0.3, 0.4) is 0 Å². The summed E-state index contributed by atoms with van der Waals surface area (Å²) in [5, 5.41) is 7.38. The van der Waals surface area contributed by atoms with Crippen molar-refractivity contribution in [3.8, 4) is 11.3 Å². The van der Waals surface area contributed by atoms with Gasteiger partial charge in [-0.1, -0.05) is 29.4 Å². The van der Waals surface area contributed by atoms with E-state index in [4.69, 9.17) is 4.52 Å². The Labute approximate surface area is 108 Å². The molecule has 1 heterocycles. The minimum atomic E-state index is 0.0836. The Balaban J connectivity index is 2.26. The second-order valence-electron chi connectivity index (χ2n) is 5.60. The lowest BCUT2D eigenvalue weighted by Crippen LogP contribution is -2.35. The van der Waals surface area contributed by atoms with Crippen molar-refractivity contribution >= 4 is 0 Å². The fourth-order valence-corrected chi connectivity index (χ4v) is 1.80. The number of hydrogen-bond acceptors (Lipinski definition) is 3. The van der Waals surface area contributed by atoms with Gasteiger partial charge in [0.2, 0.25) is 0 Å². The van der Waals surface area contributed by atoms with Crippen molar-refractivity contribution in [3.63, 3.8) is 0 Å². The van der Waals surface area contributed by atoms with Crippen molar-refractivity contribution in [1.29, 1.82) is 0 Å². The number of hydrogen-bond donors (Lipinski definition) is 1. The molecule has 96 valence electrons. The van der Waals surface area contributed by atoms with Crippen molar-refractivity contribution in [2.75, 3.05) is 0 Å². The Morgan fingerprint density at radius 2 is 1.94 bits per heavy atom. The molecule has 2 aromatic rings. The van der Waals surface area contributed by atoms with E-state index in [1.54, 1.807) is 6.20 Å². The summed E-state index contributed by atoms with van der Waals surface area (Å²) in [5.74, 6) is 0.866. The Kier molecular flexibility index (Phi) is 3.53. The third kappa shape index (κ3) is 2.99. The van der Waals surface area contributed by atoms with E-state index in [9.17, 15) is 0 Å². The summed E-state index contributed by atoms with van der Waals surface area (Å²) in [6, 6.07) is 8.20. The largest absolute Gasteiger partial charge is 0.356 e. The van der Waals surface area contributed by atoms with Gasteiger partial charge in [0.1, 0.15) is 0 Å². The maximum atomic E-state index is 5.41. The van der Waals surface area contributed by atoms with Crippen LogP contribution in [0.4, 0.5) is 0 Å². The van der Waals surface area contributed by atoms with Crippen LogP contribution in [0.5, 0.6) is 0 Å². The smallest absolute Gasteiger partial charge is 0.171 e. The van der Waals surface area contributed by atoms with E-state index >= 15 is 0 Å². The van der Waals surface area contributed by atoms with Crippen LogP contribution in [-0.2, 0) is 6.54 Å². The molecule has 0 unspecified atom stereocenters. The Hall–Kier alpha value is -1.61. The normalized spacial score (nSPS) is 11.8. The predicted octanol–water partition coefficient (Wildman–Crippen LogP) is 3.54. The van der Waals surface area contributed by atoms with Gasteiger partial charge in [-0.2, -0.15) is 0 Å². The molecule has 1 N–H and O–H groups in total. The first kappa shape index (κ1) is 12.8. The summed E-state index contributed by atoms with van der Waals surface area (Å²) in [5.41, 5.74) is 3.49. The van der Waals surface area contributed by atoms with Crippen LogP contribution in [0.1, 0.15) is 31.9 Å². The predicted molar refractivity (Wildman–Crippen MR) is 73.3 cm³/mol. The maximum absolute atomic E-state index is 5.41. The molecule has 18 heavy (non-hydrogen) atoms. The van der Waals surface area contributed by atoms with Gasteiger partial charge in [0.15, 0.2) is 5.76 Å². The quantitative estimate of drug-likeness (QED) is 0.897. The van der Waals surface area contributed by atoms with Gasteiger partial charge in [-0.25, -0.2) is 0 Å². The summed E-state index contributed by atoms with van der Waals surface area (Å²) < 4.78 is 5.41. The zero-order valence-corrected chi connectivity index (χ0v) is 11.4. The molecule has 0 fully saturated rings. The van der Waals surface area contributed by atoms with Gasteiger partial charge in [0.25, 0.3) is 0 Å². The molecule has 0 aliphatic carbocycles. The van der Waals surface area contributed by atoms with E-state index in [0.29, 0.717) is 0 Å². The number of rotatable bonds is 3. The first-order chi connectivity index (χ1) is 8.47. The molecular formula is C15H20N2O. The van der Waals surface area contributed by atoms with Gasteiger partial charge in [-0.05, 0) is 33.3 Å². The van der Waals surface area contributed by atoms with E-state index < -0.39 is 0 Å². The third-order valence-electron chi connectivity index (χ3n) is 2.84. The average molecular weight is 244 g/mol. The van der Waals surface area contributed by atoms with Crippen LogP contribution in [0.25, 0.3) is 11.3 Å². The molecule has 0 amide bonds. The lowest BCUT2D eigenvalue weighted by molar-refractivity contribution is 0.418. The van der Waals surface area contributed by atoms with Crippen LogP contribution in [0.2, 0.25) is 0 Å². The van der Waals surface area contributed by atoms with Crippen molar-refractivity contribution < 1.29 is 4.52 Å². The first-order valence-electron chi connectivity index (χ1n) is 6.22. The molecule has 0 spiro atoms. The zero-order chi connectivity index (χ0) is 13.2. The molecule has 3 heteroatoms. The van der Waals surface area contributed by atoms with Crippen LogP contribution >= 0.6 is 0 Å². The highest BCUT2D eigenvalue weighted by atomic mass is 16.5. The van der Waals surface area contributed by atoms with Gasteiger partial charge in [0, 0.05) is 23.2 Å². The fourth-order valence-electron chi connectivity index (χ4n) is 1.80. The van der Waals surface area contributed by atoms with Crippen molar-refractivity contribution in [3.05, 3.63) is 41.6 Å². The van der Waals surface area contributed by atoms with E-state index in [1.807, 2.05) is 12.1 Å². The second kappa shape index (κ2) is 4.94. The minimum absolute atomic E-state index is 0.0836. The Morgan fingerprint density at radius 3 is 2.61 bits per heavy atom. The minimum Gasteiger partial charge on any atom is -0.356 e. The topological polar surface area (TPSA) is 38.1 Å². The van der Waals surface area contributed by atoms with Crippen LogP contribution in [-0.4, -0.2) is 10.7 Å². The zero-order valence-electron chi connectivity index (χ0n) is 11.4. The highest BCUT2D eigenvalue weighted by molar-refractivity contribution is 5.64. The molecule has 2 rings (SSSR count).